The number of hydrogen-bond donors (Lipinski definition) is 1. The third kappa shape index (κ3) is 6.12. The van der Waals surface area contributed by atoms with Crippen molar-refractivity contribution in [3.05, 3.63) is 72.4 Å². The van der Waals surface area contributed by atoms with Gasteiger partial charge in [-0.2, -0.15) is 5.26 Å². The fourth-order valence-electron chi connectivity index (χ4n) is 5.04. The molecule has 41 heavy (non-hydrogen) atoms. The second-order valence-electron chi connectivity index (χ2n) is 10.5. The molecule has 10 nitrogen and oxygen atoms in total. The first-order valence-corrected chi connectivity index (χ1v) is 15.3. The smallest absolute Gasteiger partial charge is 0.213 e. The molecule has 3 heterocycles. The number of sulfone groups is 1. The van der Waals surface area contributed by atoms with Gasteiger partial charge in [0.25, 0.3) is 0 Å². The van der Waals surface area contributed by atoms with Crippen LogP contribution in [0.1, 0.15) is 19.5 Å². The Morgan fingerprint density at radius 1 is 1.05 bits per heavy atom. The van der Waals surface area contributed by atoms with Gasteiger partial charge < -0.3 is 9.80 Å². The van der Waals surface area contributed by atoms with Gasteiger partial charge in [0.15, 0.2) is 21.8 Å². The van der Waals surface area contributed by atoms with E-state index in [1.54, 1.807) is 24.3 Å². The van der Waals surface area contributed by atoms with Crippen LogP contribution in [-0.4, -0.2) is 66.4 Å². The normalized spacial score (nSPS) is 16.2. The average Bonchev–Trinajstić information content (AvgIpc) is 2.96. The number of benzene rings is 2. The number of nitrogens with one attached hydrogen (secondary N) is 1. The van der Waals surface area contributed by atoms with Crippen LogP contribution in [0.25, 0.3) is 22.2 Å². The number of aromatic nitrogens is 3. The van der Waals surface area contributed by atoms with E-state index in [0.717, 1.165) is 33.7 Å². The summed E-state index contributed by atoms with van der Waals surface area (Å²) in [5.41, 5.74) is 4.01. The molecule has 5 rings (SSSR count). The Morgan fingerprint density at radius 3 is 2.49 bits per heavy atom. The van der Waals surface area contributed by atoms with Crippen LogP contribution in [-0.2, 0) is 9.84 Å². The standard InChI is InChI=1S/C30H32N8O2S/c1-20(2)28-18-37(29-15-14-25(35-36-29)22-9-11-23(12-10-22)41(4,39)40)16-17-38(28)30(32-19-31)34-27-7-5-6-26-24(27)13-8-21(3)33-26/h5-15,20,28H,16-18H2,1-4H3,(H,32,34). The van der Waals surface area contributed by atoms with Crippen molar-refractivity contribution >= 4 is 38.2 Å². The molecule has 1 aliphatic heterocycles. The van der Waals surface area contributed by atoms with Crippen molar-refractivity contribution in [3.8, 4) is 17.5 Å². The zero-order chi connectivity index (χ0) is 29.1. The first-order chi connectivity index (χ1) is 19.6. The van der Waals surface area contributed by atoms with Crippen LogP contribution in [0.4, 0.5) is 11.5 Å². The maximum Gasteiger partial charge on any atom is 0.213 e. The van der Waals surface area contributed by atoms with E-state index in [2.05, 4.69) is 50.3 Å². The number of rotatable bonds is 5. The highest BCUT2D eigenvalue weighted by atomic mass is 32.2. The van der Waals surface area contributed by atoms with Gasteiger partial charge in [0.1, 0.15) is 0 Å². The Labute approximate surface area is 240 Å². The predicted molar refractivity (Wildman–Crippen MR) is 160 cm³/mol. The van der Waals surface area contributed by atoms with Gasteiger partial charge in [-0.3, -0.25) is 10.3 Å². The molecule has 1 fully saturated rings. The molecule has 1 N–H and O–H groups in total. The summed E-state index contributed by atoms with van der Waals surface area (Å²) in [7, 11) is -3.26. The molecule has 0 bridgehead atoms. The summed E-state index contributed by atoms with van der Waals surface area (Å²) >= 11 is 0. The first-order valence-electron chi connectivity index (χ1n) is 13.4. The lowest BCUT2D eigenvalue weighted by molar-refractivity contribution is 0.220. The lowest BCUT2D eigenvalue weighted by atomic mass is 9.99. The topological polar surface area (TPSA) is 127 Å². The van der Waals surface area contributed by atoms with E-state index in [-0.39, 0.29) is 16.9 Å². The quantitative estimate of drug-likeness (QED) is 0.162. The summed E-state index contributed by atoms with van der Waals surface area (Å²) in [6.45, 7) is 8.25. The van der Waals surface area contributed by atoms with Crippen LogP contribution >= 0.6 is 0 Å². The number of hydrogen-bond acceptors (Lipinski definition) is 8. The lowest BCUT2D eigenvalue weighted by Gasteiger charge is -2.44. The summed E-state index contributed by atoms with van der Waals surface area (Å²) in [5, 5.41) is 22.3. The largest absolute Gasteiger partial charge is 0.351 e. The summed E-state index contributed by atoms with van der Waals surface area (Å²) < 4.78 is 23.5. The van der Waals surface area contributed by atoms with Crippen molar-refractivity contribution in [1.82, 2.24) is 25.4 Å². The minimum atomic E-state index is -3.26. The predicted octanol–water partition coefficient (Wildman–Crippen LogP) is 4.31. The maximum atomic E-state index is 11.8. The molecule has 0 amide bonds. The van der Waals surface area contributed by atoms with Crippen molar-refractivity contribution in [2.24, 2.45) is 10.9 Å². The molecule has 1 atom stereocenters. The molecule has 11 heteroatoms. The van der Waals surface area contributed by atoms with Gasteiger partial charge in [-0.25, -0.2) is 13.4 Å². The minimum absolute atomic E-state index is 0.0590. The summed E-state index contributed by atoms with van der Waals surface area (Å²) in [4.78, 5) is 14.2. The van der Waals surface area contributed by atoms with E-state index in [0.29, 0.717) is 31.3 Å². The first kappa shape index (κ1) is 28.0. The van der Waals surface area contributed by atoms with Gasteiger partial charge in [0.05, 0.1) is 27.8 Å². The highest BCUT2D eigenvalue weighted by molar-refractivity contribution is 7.90. The Bertz CT molecular complexity index is 1730. The molecule has 0 spiro atoms. The molecular weight excluding hydrogens is 536 g/mol. The van der Waals surface area contributed by atoms with E-state index in [4.69, 9.17) is 4.99 Å². The number of pyridine rings is 1. The molecule has 1 aliphatic rings. The molecule has 0 aliphatic carbocycles. The van der Waals surface area contributed by atoms with Gasteiger partial charge in [-0.1, -0.05) is 32.0 Å². The fraction of sp³-hybridized carbons (Fsp3) is 0.300. The number of piperazine rings is 1. The fourth-order valence-corrected chi connectivity index (χ4v) is 5.67. The van der Waals surface area contributed by atoms with Crippen molar-refractivity contribution in [3.63, 3.8) is 0 Å². The SMILES string of the molecule is Cc1ccc2c(N=C(NC#N)N3CCN(c4ccc(-c5ccc(S(C)(=O)=O)cc5)nn4)CC3C(C)C)cccc2n1. The average molecular weight is 569 g/mol. The van der Waals surface area contributed by atoms with E-state index < -0.39 is 9.84 Å². The van der Waals surface area contributed by atoms with E-state index in [1.165, 1.54) is 6.26 Å². The minimum Gasteiger partial charge on any atom is -0.351 e. The number of anilines is 1. The molecular formula is C30H32N8O2S. The number of aryl methyl sites for hydroxylation is 1. The zero-order valence-electron chi connectivity index (χ0n) is 23.5. The van der Waals surface area contributed by atoms with E-state index in [9.17, 15) is 13.7 Å². The molecule has 2 aromatic carbocycles. The van der Waals surface area contributed by atoms with Crippen molar-refractivity contribution < 1.29 is 8.42 Å². The summed E-state index contributed by atoms with van der Waals surface area (Å²) in [5.74, 6) is 1.54. The van der Waals surface area contributed by atoms with Crippen LogP contribution < -0.4 is 10.2 Å². The molecule has 210 valence electrons. The molecule has 0 radical (unpaired) electrons. The Balaban J connectivity index is 1.38. The second kappa shape index (κ2) is 11.5. The van der Waals surface area contributed by atoms with Crippen LogP contribution in [0.2, 0.25) is 0 Å². The number of fused-ring (bicyclic) bond motifs is 1. The summed E-state index contributed by atoms with van der Waals surface area (Å²) in [6.07, 6.45) is 3.26. The molecule has 1 unspecified atom stereocenters. The lowest BCUT2D eigenvalue weighted by Crippen LogP contribution is -2.59. The van der Waals surface area contributed by atoms with Gasteiger partial charge in [-0.05, 0) is 61.4 Å². The van der Waals surface area contributed by atoms with Gasteiger partial charge in [0.2, 0.25) is 5.96 Å². The maximum absolute atomic E-state index is 11.8. The Kier molecular flexibility index (Phi) is 7.85. The number of nitrogens with zero attached hydrogens (tertiary/aromatic N) is 7. The molecule has 4 aromatic rings. The van der Waals surface area contributed by atoms with Crippen LogP contribution in [0, 0.1) is 24.3 Å². The van der Waals surface area contributed by atoms with Crippen molar-refractivity contribution in [2.45, 2.75) is 31.7 Å². The monoisotopic (exact) mass is 568 g/mol. The van der Waals surface area contributed by atoms with Crippen LogP contribution in [0.5, 0.6) is 0 Å². The van der Waals surface area contributed by atoms with E-state index in [1.807, 2.05) is 49.4 Å². The summed E-state index contributed by atoms with van der Waals surface area (Å²) in [6, 6.07) is 20.3. The van der Waals surface area contributed by atoms with Gasteiger partial charge in [0, 0.05) is 42.5 Å². The van der Waals surface area contributed by atoms with E-state index >= 15 is 0 Å². The Hall–Kier alpha value is -4.56. The van der Waals surface area contributed by atoms with Gasteiger partial charge >= 0.3 is 0 Å². The van der Waals surface area contributed by atoms with Crippen molar-refractivity contribution in [1.29, 1.82) is 5.26 Å². The molecule has 0 saturated carbocycles. The number of guanidine groups is 1. The van der Waals surface area contributed by atoms with Crippen molar-refractivity contribution in [2.75, 3.05) is 30.8 Å². The molecule has 2 aromatic heterocycles. The van der Waals surface area contributed by atoms with Crippen LogP contribution in [0.15, 0.2) is 76.6 Å². The zero-order valence-corrected chi connectivity index (χ0v) is 24.3. The highest BCUT2D eigenvalue weighted by Crippen LogP contribution is 2.28. The number of aliphatic imine (C=N–C) groups is 1. The third-order valence-electron chi connectivity index (χ3n) is 7.26. The third-order valence-corrected chi connectivity index (χ3v) is 8.38. The molecule has 1 saturated heterocycles. The van der Waals surface area contributed by atoms with Gasteiger partial charge in [-0.15, -0.1) is 10.2 Å². The number of nitriles is 1. The highest BCUT2D eigenvalue weighted by Gasteiger charge is 2.32. The second-order valence-corrected chi connectivity index (χ2v) is 12.5. The Morgan fingerprint density at radius 2 is 1.83 bits per heavy atom. The van der Waals surface area contributed by atoms with Crippen LogP contribution in [0.3, 0.4) is 0 Å².